The lowest BCUT2D eigenvalue weighted by atomic mass is 10.1. The Morgan fingerprint density at radius 3 is 2.78 bits per heavy atom. The monoisotopic (exact) mass is 247 g/mol. The zero-order valence-electron chi connectivity index (χ0n) is 11.1. The maximum absolute atomic E-state index is 12.0. The summed E-state index contributed by atoms with van der Waals surface area (Å²) in [7, 11) is 0. The van der Waals surface area contributed by atoms with Crippen LogP contribution in [0, 0.1) is 0 Å². The van der Waals surface area contributed by atoms with Crippen LogP contribution in [0.25, 0.3) is 0 Å². The Bertz CT molecular complexity index is 403. The molecule has 0 atom stereocenters. The molecule has 0 aliphatic heterocycles. The number of carbonyl (C=O) groups is 1. The topological polar surface area (TPSA) is 54.0 Å². The molecule has 0 unspecified atom stereocenters. The molecule has 4 nitrogen and oxygen atoms in total. The Morgan fingerprint density at radius 1 is 1.39 bits per heavy atom. The van der Waals surface area contributed by atoms with Gasteiger partial charge in [-0.05, 0) is 38.3 Å². The second-order valence-electron chi connectivity index (χ2n) is 4.76. The number of nitrogens with zero attached hydrogens (tertiary/aromatic N) is 1. The van der Waals surface area contributed by atoms with Crippen LogP contribution in [0.2, 0.25) is 0 Å². The van der Waals surface area contributed by atoms with Crippen LogP contribution in [-0.4, -0.2) is 23.5 Å². The third-order valence-corrected chi connectivity index (χ3v) is 2.92. The van der Waals surface area contributed by atoms with Gasteiger partial charge in [-0.25, -0.2) is 4.98 Å². The molecule has 1 aromatic heterocycles. The highest BCUT2D eigenvalue weighted by Crippen LogP contribution is 2.20. The van der Waals surface area contributed by atoms with Crippen molar-refractivity contribution in [2.24, 2.45) is 0 Å². The van der Waals surface area contributed by atoms with Gasteiger partial charge in [-0.1, -0.05) is 13.3 Å². The number of pyridine rings is 1. The van der Waals surface area contributed by atoms with Crippen molar-refractivity contribution in [1.82, 2.24) is 10.3 Å². The van der Waals surface area contributed by atoms with Crippen LogP contribution < -0.4 is 10.6 Å². The number of nitrogens with one attached hydrogen (secondary N) is 2. The van der Waals surface area contributed by atoms with Gasteiger partial charge >= 0.3 is 0 Å². The maximum Gasteiger partial charge on any atom is 0.251 e. The summed E-state index contributed by atoms with van der Waals surface area (Å²) in [6, 6.07) is 4.13. The molecule has 1 aromatic rings. The van der Waals surface area contributed by atoms with Gasteiger partial charge < -0.3 is 10.6 Å². The Labute approximate surface area is 108 Å². The second-order valence-corrected chi connectivity index (χ2v) is 4.76. The minimum Gasteiger partial charge on any atom is -0.370 e. The molecule has 0 spiro atoms. The lowest BCUT2D eigenvalue weighted by Crippen LogP contribution is -2.25. The van der Waals surface area contributed by atoms with Gasteiger partial charge in [0, 0.05) is 23.8 Å². The van der Waals surface area contributed by atoms with Gasteiger partial charge in [0.25, 0.3) is 5.91 Å². The lowest BCUT2D eigenvalue weighted by molar-refractivity contribution is 0.0951. The fraction of sp³-hybridized carbons (Fsp3) is 0.571. The van der Waals surface area contributed by atoms with E-state index in [-0.39, 0.29) is 5.91 Å². The molecule has 1 saturated carbocycles. The Balaban J connectivity index is 2.17. The van der Waals surface area contributed by atoms with Crippen molar-refractivity contribution in [2.45, 2.75) is 45.6 Å². The van der Waals surface area contributed by atoms with Gasteiger partial charge in [0.05, 0.1) is 0 Å². The molecule has 1 fully saturated rings. The van der Waals surface area contributed by atoms with Crippen LogP contribution >= 0.6 is 0 Å². The van der Waals surface area contributed by atoms with Crippen LogP contribution in [0.3, 0.4) is 0 Å². The van der Waals surface area contributed by atoms with Crippen LogP contribution in [0.1, 0.15) is 49.2 Å². The molecule has 1 aliphatic rings. The predicted octanol–water partition coefficient (Wildman–Crippen LogP) is 2.36. The van der Waals surface area contributed by atoms with Gasteiger partial charge in [-0.2, -0.15) is 0 Å². The number of rotatable bonds is 6. The van der Waals surface area contributed by atoms with Crippen LogP contribution in [0.5, 0.6) is 0 Å². The number of aromatic nitrogens is 1. The summed E-state index contributed by atoms with van der Waals surface area (Å²) < 4.78 is 0. The molecule has 1 amide bonds. The Morgan fingerprint density at radius 2 is 2.17 bits per heavy atom. The normalized spacial score (nSPS) is 14.3. The minimum atomic E-state index is 0.0245. The molecule has 0 radical (unpaired) electrons. The Hall–Kier alpha value is -1.58. The fourth-order valence-corrected chi connectivity index (χ4v) is 1.87. The molecule has 0 bridgehead atoms. The van der Waals surface area contributed by atoms with E-state index in [2.05, 4.69) is 22.5 Å². The van der Waals surface area contributed by atoms with Crippen molar-refractivity contribution in [3.63, 3.8) is 0 Å². The predicted molar refractivity (Wildman–Crippen MR) is 72.9 cm³/mol. The van der Waals surface area contributed by atoms with E-state index in [9.17, 15) is 4.79 Å². The van der Waals surface area contributed by atoms with Gasteiger partial charge in [-0.3, -0.25) is 4.79 Å². The van der Waals surface area contributed by atoms with E-state index in [0.717, 1.165) is 49.3 Å². The summed E-state index contributed by atoms with van der Waals surface area (Å²) in [5, 5.41) is 6.19. The zero-order chi connectivity index (χ0) is 13.0. The molecule has 4 heteroatoms. The number of hydrogen-bond donors (Lipinski definition) is 2. The molecule has 2 N–H and O–H groups in total. The van der Waals surface area contributed by atoms with Crippen molar-refractivity contribution in [2.75, 3.05) is 11.9 Å². The molecular formula is C14H21N3O. The average molecular weight is 247 g/mol. The summed E-state index contributed by atoms with van der Waals surface area (Å²) in [5.74, 6) is 0.820. The van der Waals surface area contributed by atoms with Gasteiger partial charge in [0.2, 0.25) is 0 Å². The van der Waals surface area contributed by atoms with Crippen molar-refractivity contribution in [1.29, 1.82) is 0 Å². The van der Waals surface area contributed by atoms with E-state index in [0.29, 0.717) is 6.04 Å². The quantitative estimate of drug-likeness (QED) is 0.811. The molecule has 18 heavy (non-hydrogen) atoms. The molecule has 0 saturated heterocycles. The number of anilines is 1. The number of aryl methyl sites for hydroxylation is 1. The number of hydrogen-bond acceptors (Lipinski definition) is 3. The minimum absolute atomic E-state index is 0.0245. The molecule has 1 heterocycles. The number of carbonyl (C=O) groups excluding carboxylic acids is 1. The molecule has 98 valence electrons. The maximum atomic E-state index is 12.0. The smallest absolute Gasteiger partial charge is 0.251 e. The summed E-state index contributed by atoms with van der Waals surface area (Å²) in [6.45, 7) is 4.95. The summed E-state index contributed by atoms with van der Waals surface area (Å²) in [6.07, 6.45) is 4.16. The Kier molecular flexibility index (Phi) is 4.18. The molecule has 0 aromatic carbocycles. The van der Waals surface area contributed by atoms with E-state index in [1.807, 2.05) is 19.1 Å². The van der Waals surface area contributed by atoms with Crippen molar-refractivity contribution in [3.05, 3.63) is 23.4 Å². The SMILES string of the molecule is CCCc1cc(C(=O)NC2CC2)cc(NCC)n1. The highest BCUT2D eigenvalue weighted by Gasteiger charge is 2.24. The first-order chi connectivity index (χ1) is 8.72. The summed E-state index contributed by atoms with van der Waals surface area (Å²) >= 11 is 0. The lowest BCUT2D eigenvalue weighted by Gasteiger charge is -2.09. The summed E-state index contributed by atoms with van der Waals surface area (Å²) in [5.41, 5.74) is 1.70. The van der Waals surface area contributed by atoms with Crippen LogP contribution in [0.15, 0.2) is 12.1 Å². The van der Waals surface area contributed by atoms with E-state index >= 15 is 0 Å². The first-order valence-corrected chi connectivity index (χ1v) is 6.78. The molecule has 1 aliphatic carbocycles. The second kappa shape index (κ2) is 5.85. The van der Waals surface area contributed by atoms with Crippen LogP contribution in [0.4, 0.5) is 5.82 Å². The highest BCUT2D eigenvalue weighted by molar-refractivity contribution is 5.95. The fourth-order valence-electron chi connectivity index (χ4n) is 1.87. The molecular weight excluding hydrogens is 226 g/mol. The first kappa shape index (κ1) is 12.9. The van der Waals surface area contributed by atoms with Crippen molar-refractivity contribution < 1.29 is 4.79 Å². The average Bonchev–Trinajstić information content (AvgIpc) is 3.13. The largest absolute Gasteiger partial charge is 0.370 e. The third kappa shape index (κ3) is 3.45. The standard InChI is InChI=1S/C14H21N3O/c1-3-5-12-8-10(9-13(16-12)15-4-2)14(18)17-11-6-7-11/h8-9,11H,3-7H2,1-2H3,(H,15,16)(H,17,18). The van der Waals surface area contributed by atoms with E-state index in [1.165, 1.54) is 0 Å². The summed E-state index contributed by atoms with van der Waals surface area (Å²) in [4.78, 5) is 16.5. The molecule has 2 rings (SSSR count). The highest BCUT2D eigenvalue weighted by atomic mass is 16.1. The third-order valence-electron chi connectivity index (χ3n) is 2.92. The van der Waals surface area contributed by atoms with E-state index in [1.54, 1.807) is 0 Å². The van der Waals surface area contributed by atoms with Crippen molar-refractivity contribution in [3.8, 4) is 0 Å². The first-order valence-electron chi connectivity index (χ1n) is 6.78. The van der Waals surface area contributed by atoms with Gasteiger partial charge in [0.15, 0.2) is 0 Å². The number of amides is 1. The van der Waals surface area contributed by atoms with Crippen LogP contribution in [-0.2, 0) is 6.42 Å². The van der Waals surface area contributed by atoms with Gasteiger partial charge in [0.1, 0.15) is 5.82 Å². The zero-order valence-corrected chi connectivity index (χ0v) is 11.1. The van der Waals surface area contributed by atoms with Gasteiger partial charge in [-0.15, -0.1) is 0 Å². The van der Waals surface area contributed by atoms with E-state index in [4.69, 9.17) is 0 Å². The van der Waals surface area contributed by atoms with Crippen molar-refractivity contribution >= 4 is 11.7 Å². The van der Waals surface area contributed by atoms with E-state index < -0.39 is 0 Å².